The van der Waals surface area contributed by atoms with Gasteiger partial charge in [0.15, 0.2) is 6.61 Å². The van der Waals surface area contributed by atoms with Crippen LogP contribution in [0.2, 0.25) is 5.02 Å². The summed E-state index contributed by atoms with van der Waals surface area (Å²) in [6.07, 6.45) is 0. The summed E-state index contributed by atoms with van der Waals surface area (Å²) in [7, 11) is 1.61. The second-order valence-electron chi connectivity index (χ2n) is 5.82. The number of aryl methyl sites for hydroxylation is 1. The lowest BCUT2D eigenvalue weighted by Crippen LogP contribution is -2.41. The van der Waals surface area contributed by atoms with Crippen LogP contribution in [0.5, 0.6) is 5.75 Å². The molecule has 0 saturated carbocycles. The van der Waals surface area contributed by atoms with E-state index >= 15 is 0 Å². The van der Waals surface area contributed by atoms with Crippen LogP contribution in [0.4, 0.5) is 0 Å². The van der Waals surface area contributed by atoms with Crippen LogP contribution in [0.25, 0.3) is 0 Å². The Kier molecular flexibility index (Phi) is 6.23. The van der Waals surface area contributed by atoms with Crippen LogP contribution in [0.1, 0.15) is 18.1 Å². The van der Waals surface area contributed by atoms with Crippen molar-refractivity contribution in [2.24, 2.45) is 0 Å². The van der Waals surface area contributed by atoms with E-state index in [1.54, 1.807) is 13.2 Å². The fourth-order valence-electron chi connectivity index (χ4n) is 2.21. The zero-order valence-electron chi connectivity index (χ0n) is 14.1. The van der Waals surface area contributed by atoms with Crippen molar-refractivity contribution in [1.29, 1.82) is 0 Å². The summed E-state index contributed by atoms with van der Waals surface area (Å²) in [6.45, 7) is 4.18. The van der Waals surface area contributed by atoms with Gasteiger partial charge < -0.3 is 14.8 Å². The van der Waals surface area contributed by atoms with Crippen molar-refractivity contribution in [1.82, 2.24) is 5.32 Å². The first-order chi connectivity index (χ1) is 11.4. The zero-order chi connectivity index (χ0) is 17.6. The zero-order valence-corrected chi connectivity index (χ0v) is 14.9. The Balaban J connectivity index is 1.90. The van der Waals surface area contributed by atoms with Crippen LogP contribution in [0.15, 0.2) is 48.5 Å². The molecule has 0 saturated heterocycles. The van der Waals surface area contributed by atoms with E-state index in [4.69, 9.17) is 21.1 Å². The summed E-state index contributed by atoms with van der Waals surface area (Å²) < 4.78 is 11.1. The Labute approximate surface area is 147 Å². The number of nitrogens with one attached hydrogen (secondary N) is 1. The lowest BCUT2D eigenvalue weighted by atomic mass is 9.95. The lowest BCUT2D eigenvalue weighted by Gasteiger charge is -2.29. The van der Waals surface area contributed by atoms with Gasteiger partial charge in [-0.15, -0.1) is 0 Å². The number of carbonyl (C=O) groups excluding carboxylic acids is 1. The highest BCUT2D eigenvalue weighted by atomic mass is 35.5. The van der Waals surface area contributed by atoms with Crippen LogP contribution in [-0.2, 0) is 15.1 Å². The molecule has 24 heavy (non-hydrogen) atoms. The van der Waals surface area contributed by atoms with Crippen molar-refractivity contribution in [3.8, 4) is 5.75 Å². The van der Waals surface area contributed by atoms with Gasteiger partial charge in [-0.25, -0.2) is 0 Å². The van der Waals surface area contributed by atoms with Crippen molar-refractivity contribution in [3.63, 3.8) is 0 Å². The molecule has 5 heteroatoms. The van der Waals surface area contributed by atoms with Gasteiger partial charge in [0.05, 0.1) is 6.54 Å². The summed E-state index contributed by atoms with van der Waals surface area (Å²) in [4.78, 5) is 12.0. The van der Waals surface area contributed by atoms with E-state index in [-0.39, 0.29) is 12.5 Å². The molecule has 1 atom stereocenters. The Hall–Kier alpha value is -2.04. The van der Waals surface area contributed by atoms with E-state index in [1.165, 1.54) is 0 Å². The van der Waals surface area contributed by atoms with Gasteiger partial charge in [0.1, 0.15) is 11.4 Å². The smallest absolute Gasteiger partial charge is 0.258 e. The van der Waals surface area contributed by atoms with Gasteiger partial charge in [-0.1, -0.05) is 41.4 Å². The maximum Gasteiger partial charge on any atom is 0.258 e. The summed E-state index contributed by atoms with van der Waals surface area (Å²) in [5, 5.41) is 3.47. The topological polar surface area (TPSA) is 47.6 Å². The molecule has 1 N–H and O–H groups in total. The maximum atomic E-state index is 12.0. The molecule has 0 heterocycles. The van der Waals surface area contributed by atoms with Crippen molar-refractivity contribution < 1.29 is 14.3 Å². The molecule has 0 aromatic heterocycles. The Morgan fingerprint density at radius 3 is 2.54 bits per heavy atom. The van der Waals surface area contributed by atoms with Crippen LogP contribution in [-0.4, -0.2) is 26.2 Å². The van der Waals surface area contributed by atoms with E-state index in [0.717, 1.165) is 11.1 Å². The minimum Gasteiger partial charge on any atom is -0.484 e. The normalized spacial score (nSPS) is 13.2. The molecular formula is C19H22ClNO3. The highest BCUT2D eigenvalue weighted by molar-refractivity contribution is 6.30. The van der Waals surface area contributed by atoms with E-state index in [0.29, 0.717) is 17.3 Å². The standard InChI is InChI=1S/C19H22ClNO3/c1-14-7-9-17(10-8-14)24-12-18(22)21-13-19(2,23-3)15-5-4-6-16(20)11-15/h4-11H,12-13H2,1-3H3,(H,21,22). The average molecular weight is 348 g/mol. The predicted molar refractivity (Wildman–Crippen MR) is 95.5 cm³/mol. The van der Waals surface area contributed by atoms with E-state index in [1.807, 2.05) is 56.3 Å². The van der Waals surface area contributed by atoms with Crippen molar-refractivity contribution >= 4 is 17.5 Å². The Morgan fingerprint density at radius 2 is 1.92 bits per heavy atom. The van der Waals surface area contributed by atoms with Crippen molar-refractivity contribution in [2.75, 3.05) is 20.3 Å². The second kappa shape index (κ2) is 8.18. The number of amides is 1. The monoisotopic (exact) mass is 347 g/mol. The third kappa shape index (κ3) is 4.98. The molecule has 2 aromatic rings. The summed E-state index contributed by atoms with van der Waals surface area (Å²) in [6, 6.07) is 15.0. The molecule has 1 amide bonds. The maximum absolute atomic E-state index is 12.0. The second-order valence-corrected chi connectivity index (χ2v) is 6.26. The van der Waals surface area contributed by atoms with Crippen LogP contribution >= 0.6 is 11.6 Å². The summed E-state index contributed by atoms with van der Waals surface area (Å²) in [5.41, 5.74) is 1.38. The molecule has 0 spiro atoms. The Bertz CT molecular complexity index is 687. The fraction of sp³-hybridized carbons (Fsp3) is 0.316. The molecule has 2 rings (SSSR count). The van der Waals surface area contributed by atoms with Crippen LogP contribution < -0.4 is 10.1 Å². The van der Waals surface area contributed by atoms with E-state index < -0.39 is 5.60 Å². The van der Waals surface area contributed by atoms with E-state index in [9.17, 15) is 4.79 Å². The number of hydrogen-bond acceptors (Lipinski definition) is 3. The minimum atomic E-state index is -0.662. The first kappa shape index (κ1) is 18.3. The highest BCUT2D eigenvalue weighted by Gasteiger charge is 2.27. The minimum absolute atomic E-state index is 0.0433. The molecular weight excluding hydrogens is 326 g/mol. The predicted octanol–water partition coefficient (Wildman–Crippen LogP) is 3.71. The molecule has 2 aromatic carbocycles. The number of benzene rings is 2. The van der Waals surface area contributed by atoms with Crippen molar-refractivity contribution in [2.45, 2.75) is 19.4 Å². The van der Waals surface area contributed by atoms with Crippen molar-refractivity contribution in [3.05, 3.63) is 64.7 Å². The van der Waals surface area contributed by atoms with Gasteiger partial charge in [0.2, 0.25) is 0 Å². The van der Waals surface area contributed by atoms with Crippen LogP contribution in [0, 0.1) is 6.92 Å². The molecule has 0 radical (unpaired) electrons. The molecule has 0 fully saturated rings. The molecule has 128 valence electrons. The molecule has 0 aliphatic rings. The highest BCUT2D eigenvalue weighted by Crippen LogP contribution is 2.26. The molecule has 1 unspecified atom stereocenters. The quantitative estimate of drug-likeness (QED) is 0.830. The van der Waals surface area contributed by atoms with E-state index in [2.05, 4.69) is 5.32 Å². The third-order valence-corrected chi connectivity index (χ3v) is 4.13. The number of hydrogen-bond donors (Lipinski definition) is 1. The van der Waals surface area contributed by atoms with Gasteiger partial charge in [-0.2, -0.15) is 0 Å². The van der Waals surface area contributed by atoms with Gasteiger partial charge in [-0.3, -0.25) is 4.79 Å². The fourth-order valence-corrected chi connectivity index (χ4v) is 2.40. The summed E-state index contributed by atoms with van der Waals surface area (Å²) in [5.74, 6) is 0.459. The Morgan fingerprint density at radius 1 is 1.21 bits per heavy atom. The van der Waals surface area contributed by atoms with Crippen LogP contribution in [0.3, 0.4) is 0 Å². The first-order valence-electron chi connectivity index (χ1n) is 7.70. The third-order valence-electron chi connectivity index (χ3n) is 3.90. The summed E-state index contributed by atoms with van der Waals surface area (Å²) >= 11 is 6.04. The van der Waals surface area contributed by atoms with Gasteiger partial charge in [0.25, 0.3) is 5.91 Å². The van der Waals surface area contributed by atoms with Gasteiger partial charge in [0, 0.05) is 12.1 Å². The van der Waals surface area contributed by atoms with Gasteiger partial charge in [-0.05, 0) is 43.7 Å². The largest absolute Gasteiger partial charge is 0.484 e. The SMILES string of the molecule is COC(C)(CNC(=O)COc1ccc(C)cc1)c1cccc(Cl)c1. The number of methoxy groups -OCH3 is 1. The average Bonchev–Trinajstić information content (AvgIpc) is 2.59. The number of ether oxygens (including phenoxy) is 2. The molecule has 0 aliphatic carbocycles. The molecule has 4 nitrogen and oxygen atoms in total. The molecule has 0 aliphatic heterocycles. The first-order valence-corrected chi connectivity index (χ1v) is 8.08. The molecule has 0 bridgehead atoms. The number of carbonyl (C=O) groups is 1. The lowest BCUT2D eigenvalue weighted by molar-refractivity contribution is -0.124. The number of rotatable bonds is 7. The van der Waals surface area contributed by atoms with Gasteiger partial charge >= 0.3 is 0 Å². The number of halogens is 1.